The van der Waals surface area contributed by atoms with Crippen LogP contribution in [0.15, 0.2) is 48.8 Å². The van der Waals surface area contributed by atoms with Gasteiger partial charge in [0.25, 0.3) is 0 Å². The van der Waals surface area contributed by atoms with E-state index in [2.05, 4.69) is 56.8 Å². The van der Waals surface area contributed by atoms with Crippen LogP contribution in [-0.2, 0) is 0 Å². The summed E-state index contributed by atoms with van der Waals surface area (Å²) in [6, 6.07) is 12.4. The number of aromatic amines is 1. The third kappa shape index (κ3) is 2.62. The molecule has 120 valence electrons. The molecule has 0 bridgehead atoms. The van der Waals surface area contributed by atoms with Gasteiger partial charge in [-0.1, -0.05) is 0 Å². The molecule has 0 saturated carbocycles. The summed E-state index contributed by atoms with van der Waals surface area (Å²) in [6.07, 6.45) is 3.58. The Kier molecular flexibility index (Phi) is 3.49. The number of aromatic nitrogens is 4. The topological polar surface area (TPSA) is 78.5 Å². The monoisotopic (exact) mass is 318 g/mol. The molecule has 0 aliphatic heterocycles. The van der Waals surface area contributed by atoms with Gasteiger partial charge in [0.05, 0.1) is 5.52 Å². The minimum Gasteiger partial charge on any atom is -0.367 e. The Morgan fingerprint density at radius 1 is 1.00 bits per heavy atom. The van der Waals surface area contributed by atoms with Gasteiger partial charge in [-0.15, -0.1) is 0 Å². The van der Waals surface area contributed by atoms with Gasteiger partial charge in [-0.05, 0) is 55.6 Å². The Hall–Kier alpha value is -3.15. The molecule has 24 heavy (non-hydrogen) atoms. The third-order valence-corrected chi connectivity index (χ3v) is 3.77. The molecule has 3 N–H and O–H groups in total. The van der Waals surface area contributed by atoms with Crippen molar-refractivity contribution < 1.29 is 0 Å². The lowest BCUT2D eigenvalue weighted by atomic mass is 10.1. The van der Waals surface area contributed by atoms with E-state index in [0.717, 1.165) is 39.1 Å². The van der Waals surface area contributed by atoms with Crippen LogP contribution in [0.2, 0.25) is 0 Å². The molecule has 0 atom stereocenters. The highest BCUT2D eigenvalue weighted by molar-refractivity contribution is 5.95. The molecule has 0 spiro atoms. The van der Waals surface area contributed by atoms with E-state index >= 15 is 0 Å². The number of benzene rings is 1. The highest BCUT2D eigenvalue weighted by atomic mass is 15.2. The molecule has 6 nitrogen and oxygen atoms in total. The van der Waals surface area contributed by atoms with Crippen molar-refractivity contribution in [3.63, 3.8) is 0 Å². The van der Waals surface area contributed by atoms with Crippen molar-refractivity contribution in [1.29, 1.82) is 0 Å². The predicted molar refractivity (Wildman–Crippen MR) is 97.7 cm³/mol. The molecule has 0 fully saturated rings. The van der Waals surface area contributed by atoms with Crippen LogP contribution < -0.4 is 10.6 Å². The SMILES string of the molecule is CC(C)Nc1nccc2cc(Nc3n[nH]c4cccnc34)ccc12. The summed E-state index contributed by atoms with van der Waals surface area (Å²) in [7, 11) is 0. The lowest BCUT2D eigenvalue weighted by Gasteiger charge is -2.12. The summed E-state index contributed by atoms with van der Waals surface area (Å²) in [5, 5.41) is 16.2. The number of nitrogens with zero attached hydrogens (tertiary/aromatic N) is 3. The van der Waals surface area contributed by atoms with E-state index in [1.54, 1.807) is 6.20 Å². The van der Waals surface area contributed by atoms with Gasteiger partial charge in [0.1, 0.15) is 11.3 Å². The first-order valence-corrected chi connectivity index (χ1v) is 7.92. The summed E-state index contributed by atoms with van der Waals surface area (Å²) < 4.78 is 0. The highest BCUT2D eigenvalue weighted by Crippen LogP contribution is 2.27. The zero-order chi connectivity index (χ0) is 16.5. The Labute approximate surface area is 139 Å². The van der Waals surface area contributed by atoms with E-state index in [9.17, 15) is 0 Å². The van der Waals surface area contributed by atoms with Gasteiger partial charge in [0.15, 0.2) is 5.82 Å². The minimum atomic E-state index is 0.336. The molecule has 6 heteroatoms. The van der Waals surface area contributed by atoms with Crippen LogP contribution in [0.1, 0.15) is 13.8 Å². The predicted octanol–water partition coefficient (Wildman–Crippen LogP) is 4.07. The van der Waals surface area contributed by atoms with Crippen molar-refractivity contribution >= 4 is 39.1 Å². The first-order chi connectivity index (χ1) is 11.7. The Morgan fingerprint density at radius 3 is 2.79 bits per heavy atom. The molecule has 0 saturated heterocycles. The quantitative estimate of drug-likeness (QED) is 0.528. The second-order valence-electron chi connectivity index (χ2n) is 5.99. The maximum absolute atomic E-state index is 4.43. The van der Waals surface area contributed by atoms with E-state index < -0.39 is 0 Å². The van der Waals surface area contributed by atoms with Crippen LogP contribution in [0.4, 0.5) is 17.3 Å². The number of H-pyrrole nitrogens is 1. The molecular weight excluding hydrogens is 300 g/mol. The largest absolute Gasteiger partial charge is 0.367 e. The van der Waals surface area contributed by atoms with Crippen molar-refractivity contribution in [3.05, 3.63) is 48.8 Å². The molecule has 4 rings (SSSR count). The minimum absolute atomic E-state index is 0.336. The molecule has 3 heterocycles. The van der Waals surface area contributed by atoms with Crippen LogP contribution >= 0.6 is 0 Å². The molecule has 1 aromatic carbocycles. The first kappa shape index (κ1) is 14.4. The van der Waals surface area contributed by atoms with Crippen molar-refractivity contribution in [1.82, 2.24) is 20.2 Å². The van der Waals surface area contributed by atoms with E-state index in [1.165, 1.54) is 0 Å². The van der Waals surface area contributed by atoms with E-state index in [0.29, 0.717) is 6.04 Å². The number of anilines is 3. The Bertz CT molecular complexity index is 1000. The summed E-state index contributed by atoms with van der Waals surface area (Å²) in [5.74, 6) is 1.63. The standard InChI is InChI=1S/C18H18N6/c1-11(2)21-17-14-6-5-13(10-12(14)7-9-20-17)22-18-16-15(23-24-18)4-3-8-19-16/h3-11H,1-2H3,(H,20,21)(H2,22,23,24). The molecule has 3 aromatic heterocycles. The number of hydrogen-bond donors (Lipinski definition) is 3. The molecule has 0 unspecified atom stereocenters. The zero-order valence-electron chi connectivity index (χ0n) is 13.5. The maximum atomic E-state index is 4.43. The Morgan fingerprint density at radius 2 is 1.92 bits per heavy atom. The first-order valence-electron chi connectivity index (χ1n) is 7.92. The second kappa shape index (κ2) is 5.81. The molecule has 4 aromatic rings. The van der Waals surface area contributed by atoms with Crippen LogP contribution in [0.5, 0.6) is 0 Å². The normalized spacial score (nSPS) is 11.3. The van der Waals surface area contributed by atoms with E-state index in [-0.39, 0.29) is 0 Å². The summed E-state index contributed by atoms with van der Waals surface area (Å²) in [5.41, 5.74) is 2.70. The van der Waals surface area contributed by atoms with Crippen molar-refractivity contribution in [2.24, 2.45) is 0 Å². The number of hydrogen-bond acceptors (Lipinski definition) is 5. The van der Waals surface area contributed by atoms with Crippen LogP contribution in [-0.4, -0.2) is 26.2 Å². The zero-order valence-corrected chi connectivity index (χ0v) is 13.5. The molecule has 0 radical (unpaired) electrons. The lowest BCUT2D eigenvalue weighted by Crippen LogP contribution is -2.11. The van der Waals surface area contributed by atoms with Gasteiger partial charge < -0.3 is 10.6 Å². The van der Waals surface area contributed by atoms with Gasteiger partial charge in [0.2, 0.25) is 0 Å². The summed E-state index contributed by atoms with van der Waals surface area (Å²) in [4.78, 5) is 8.80. The molecular formula is C18H18N6. The summed E-state index contributed by atoms with van der Waals surface area (Å²) >= 11 is 0. The lowest BCUT2D eigenvalue weighted by molar-refractivity contribution is 0.892. The fourth-order valence-corrected chi connectivity index (χ4v) is 2.72. The van der Waals surface area contributed by atoms with Gasteiger partial charge in [-0.2, -0.15) is 5.10 Å². The average molecular weight is 318 g/mol. The number of rotatable bonds is 4. The second-order valence-corrected chi connectivity index (χ2v) is 5.99. The maximum Gasteiger partial charge on any atom is 0.178 e. The van der Waals surface area contributed by atoms with Gasteiger partial charge in [-0.25, -0.2) is 4.98 Å². The molecule has 0 amide bonds. The van der Waals surface area contributed by atoms with Crippen molar-refractivity contribution in [3.8, 4) is 0 Å². The highest BCUT2D eigenvalue weighted by Gasteiger charge is 2.08. The van der Waals surface area contributed by atoms with Crippen molar-refractivity contribution in [2.75, 3.05) is 10.6 Å². The van der Waals surface area contributed by atoms with Gasteiger partial charge in [0, 0.05) is 29.5 Å². The number of nitrogens with one attached hydrogen (secondary N) is 3. The van der Waals surface area contributed by atoms with Crippen molar-refractivity contribution in [2.45, 2.75) is 19.9 Å². The van der Waals surface area contributed by atoms with Crippen LogP contribution in [0.3, 0.4) is 0 Å². The van der Waals surface area contributed by atoms with Crippen LogP contribution in [0, 0.1) is 0 Å². The third-order valence-electron chi connectivity index (χ3n) is 3.77. The number of pyridine rings is 2. The smallest absolute Gasteiger partial charge is 0.178 e. The van der Waals surface area contributed by atoms with Gasteiger partial charge in [-0.3, -0.25) is 10.1 Å². The van der Waals surface area contributed by atoms with Crippen LogP contribution in [0.25, 0.3) is 21.8 Å². The molecule has 0 aliphatic rings. The average Bonchev–Trinajstić information content (AvgIpc) is 2.98. The van der Waals surface area contributed by atoms with Gasteiger partial charge >= 0.3 is 0 Å². The number of fused-ring (bicyclic) bond motifs is 2. The molecule has 0 aliphatic carbocycles. The fraction of sp³-hybridized carbons (Fsp3) is 0.167. The van der Waals surface area contributed by atoms with E-state index in [1.807, 2.05) is 30.5 Å². The summed E-state index contributed by atoms with van der Waals surface area (Å²) in [6.45, 7) is 4.21. The van der Waals surface area contributed by atoms with E-state index in [4.69, 9.17) is 0 Å². The fourth-order valence-electron chi connectivity index (χ4n) is 2.72. The Balaban J connectivity index is 1.70.